The van der Waals surface area contributed by atoms with Crippen molar-refractivity contribution in [3.05, 3.63) is 0 Å². The highest BCUT2D eigenvalue weighted by molar-refractivity contribution is 5.69. The van der Waals surface area contributed by atoms with Crippen molar-refractivity contribution < 1.29 is 19.0 Å². The molecule has 2 N–H and O–H groups in total. The second kappa shape index (κ2) is 5.83. The van der Waals surface area contributed by atoms with Crippen molar-refractivity contribution in [1.82, 2.24) is 9.80 Å². The third-order valence-electron chi connectivity index (χ3n) is 5.69. The van der Waals surface area contributed by atoms with E-state index in [0.717, 1.165) is 25.9 Å². The van der Waals surface area contributed by atoms with E-state index >= 15 is 0 Å². The van der Waals surface area contributed by atoms with Crippen LogP contribution in [0.3, 0.4) is 0 Å². The highest BCUT2D eigenvalue weighted by atomic mass is 16.6. The molecular formula is C17H29N3O4. The minimum Gasteiger partial charge on any atom is -0.444 e. The number of carbonyl (C=O) groups excluding carboxylic acids is 1. The van der Waals surface area contributed by atoms with Crippen molar-refractivity contribution in [1.29, 1.82) is 0 Å². The van der Waals surface area contributed by atoms with Crippen LogP contribution in [0, 0.1) is 0 Å². The number of amides is 1. The molecule has 0 aromatic rings. The third-order valence-corrected chi connectivity index (χ3v) is 5.69. The van der Waals surface area contributed by atoms with Gasteiger partial charge >= 0.3 is 6.09 Å². The van der Waals surface area contributed by atoms with Crippen LogP contribution >= 0.6 is 0 Å². The summed E-state index contributed by atoms with van der Waals surface area (Å²) < 4.78 is 17.4. The lowest BCUT2D eigenvalue weighted by Gasteiger charge is -2.53. The molecule has 2 bridgehead atoms. The topological polar surface area (TPSA) is 77.3 Å². The molecule has 136 valence electrons. The Morgan fingerprint density at radius 2 is 1.79 bits per heavy atom. The van der Waals surface area contributed by atoms with Crippen molar-refractivity contribution in [3.8, 4) is 0 Å². The predicted octanol–water partition coefficient (Wildman–Crippen LogP) is 0.564. The van der Waals surface area contributed by atoms with Crippen LogP contribution < -0.4 is 5.73 Å². The van der Waals surface area contributed by atoms with Gasteiger partial charge in [-0.3, -0.25) is 4.90 Å². The molecule has 0 saturated carbocycles. The molecule has 0 spiro atoms. The van der Waals surface area contributed by atoms with Gasteiger partial charge in [-0.1, -0.05) is 0 Å². The van der Waals surface area contributed by atoms with Crippen LogP contribution in [0.5, 0.6) is 0 Å². The Hall–Kier alpha value is -0.890. The molecule has 24 heavy (non-hydrogen) atoms. The largest absolute Gasteiger partial charge is 0.444 e. The number of hydrogen-bond donors (Lipinski definition) is 1. The van der Waals surface area contributed by atoms with E-state index in [1.165, 1.54) is 0 Å². The second-order valence-electron chi connectivity index (χ2n) is 8.54. The Balaban J connectivity index is 1.43. The van der Waals surface area contributed by atoms with Gasteiger partial charge in [0.25, 0.3) is 0 Å². The fourth-order valence-corrected chi connectivity index (χ4v) is 4.60. The van der Waals surface area contributed by atoms with E-state index in [2.05, 4.69) is 4.90 Å². The van der Waals surface area contributed by atoms with Gasteiger partial charge in [0, 0.05) is 25.2 Å². The van der Waals surface area contributed by atoms with E-state index in [9.17, 15) is 4.79 Å². The molecular weight excluding hydrogens is 310 g/mol. The number of carbonyl (C=O) groups is 1. The number of fused-ring (bicyclic) bond motifs is 4. The summed E-state index contributed by atoms with van der Waals surface area (Å²) in [6, 6.07) is 0.826. The molecule has 5 rings (SSSR count). The first-order valence-corrected chi connectivity index (χ1v) is 9.07. The minimum atomic E-state index is -0.451. The van der Waals surface area contributed by atoms with E-state index in [1.807, 2.05) is 25.7 Å². The number of piperidine rings is 2. The lowest BCUT2D eigenvalue weighted by Crippen LogP contribution is -2.67. The lowest BCUT2D eigenvalue weighted by atomic mass is 9.88. The summed E-state index contributed by atoms with van der Waals surface area (Å²) in [6.07, 6.45) is 2.08. The molecule has 1 amide bonds. The van der Waals surface area contributed by atoms with Gasteiger partial charge in [-0.25, -0.2) is 4.79 Å². The fourth-order valence-electron chi connectivity index (χ4n) is 4.60. The molecule has 0 aromatic heterocycles. The Kier molecular flexibility index (Phi) is 4.03. The van der Waals surface area contributed by atoms with Gasteiger partial charge in [0.2, 0.25) is 0 Å². The number of rotatable bonds is 1. The first kappa shape index (κ1) is 16.6. The summed E-state index contributed by atoms with van der Waals surface area (Å²) >= 11 is 0. The van der Waals surface area contributed by atoms with E-state index in [4.69, 9.17) is 19.9 Å². The second-order valence-corrected chi connectivity index (χ2v) is 8.54. The van der Waals surface area contributed by atoms with Gasteiger partial charge in [0.15, 0.2) is 0 Å². The smallest absolute Gasteiger partial charge is 0.410 e. The molecule has 5 aliphatic heterocycles. The summed E-state index contributed by atoms with van der Waals surface area (Å²) in [7, 11) is 0. The Morgan fingerprint density at radius 1 is 1.08 bits per heavy atom. The van der Waals surface area contributed by atoms with Crippen LogP contribution in [0.4, 0.5) is 4.79 Å². The predicted molar refractivity (Wildman–Crippen MR) is 87.7 cm³/mol. The maximum Gasteiger partial charge on any atom is 0.410 e. The van der Waals surface area contributed by atoms with Crippen molar-refractivity contribution in [2.75, 3.05) is 26.3 Å². The Labute approximate surface area is 143 Å². The average molecular weight is 339 g/mol. The molecule has 0 aliphatic carbocycles. The summed E-state index contributed by atoms with van der Waals surface area (Å²) in [5.74, 6) is 0. The van der Waals surface area contributed by atoms with Gasteiger partial charge in [-0.15, -0.1) is 0 Å². The molecule has 5 saturated heterocycles. The first-order chi connectivity index (χ1) is 11.3. The molecule has 5 heterocycles. The highest BCUT2D eigenvalue weighted by Crippen LogP contribution is 2.37. The molecule has 5 fully saturated rings. The quantitative estimate of drug-likeness (QED) is 0.752. The minimum absolute atomic E-state index is 0.0137. The average Bonchev–Trinajstić information content (AvgIpc) is 3.09. The van der Waals surface area contributed by atoms with E-state index in [1.54, 1.807) is 0 Å². The van der Waals surface area contributed by atoms with Crippen molar-refractivity contribution in [3.63, 3.8) is 0 Å². The maximum absolute atomic E-state index is 12.5. The molecule has 0 aromatic carbocycles. The van der Waals surface area contributed by atoms with Gasteiger partial charge in [0.05, 0.1) is 25.3 Å². The Bertz CT molecular complexity index is 509. The van der Waals surface area contributed by atoms with Crippen molar-refractivity contribution in [2.24, 2.45) is 5.73 Å². The first-order valence-electron chi connectivity index (χ1n) is 9.07. The van der Waals surface area contributed by atoms with Crippen LogP contribution in [-0.2, 0) is 14.2 Å². The molecule has 0 unspecified atom stereocenters. The third kappa shape index (κ3) is 2.81. The molecule has 6 atom stereocenters. The van der Waals surface area contributed by atoms with Crippen LogP contribution in [0.25, 0.3) is 0 Å². The fraction of sp³-hybridized carbons (Fsp3) is 0.941. The number of piperazine rings is 1. The van der Waals surface area contributed by atoms with Gasteiger partial charge < -0.3 is 24.8 Å². The number of nitrogens with two attached hydrogens (primary N) is 1. The van der Waals surface area contributed by atoms with E-state index < -0.39 is 5.60 Å². The number of nitrogens with zero attached hydrogens (tertiary/aromatic N) is 2. The molecule has 0 radical (unpaired) electrons. The summed E-state index contributed by atoms with van der Waals surface area (Å²) in [4.78, 5) is 16.9. The van der Waals surface area contributed by atoms with Crippen molar-refractivity contribution >= 4 is 6.09 Å². The zero-order valence-corrected chi connectivity index (χ0v) is 14.8. The van der Waals surface area contributed by atoms with Gasteiger partial charge in [0.1, 0.15) is 17.8 Å². The highest BCUT2D eigenvalue weighted by Gasteiger charge is 2.53. The van der Waals surface area contributed by atoms with Crippen LogP contribution in [0.1, 0.15) is 33.6 Å². The SMILES string of the molecule is CC(C)(C)OC(=O)N1C[C@@H]2CC[C@@H]1CN2[C@H]1CO[C@H]2[C@@H]1OC[C@@H]2N. The van der Waals surface area contributed by atoms with Crippen LogP contribution in [0.2, 0.25) is 0 Å². The monoisotopic (exact) mass is 339 g/mol. The maximum atomic E-state index is 12.5. The summed E-state index contributed by atoms with van der Waals surface area (Å²) in [5, 5.41) is 0. The summed E-state index contributed by atoms with van der Waals surface area (Å²) in [5.41, 5.74) is 5.62. The van der Waals surface area contributed by atoms with Gasteiger partial charge in [-0.2, -0.15) is 0 Å². The van der Waals surface area contributed by atoms with Crippen LogP contribution in [0.15, 0.2) is 0 Å². The van der Waals surface area contributed by atoms with Gasteiger partial charge in [-0.05, 0) is 33.6 Å². The van der Waals surface area contributed by atoms with Crippen LogP contribution in [-0.4, -0.2) is 84.2 Å². The standard InChI is InChI=1S/C17H29N3O4/c1-17(2,3)24-16(21)20-7-10-4-5-11(20)6-19(10)13-9-23-14-12(18)8-22-15(13)14/h10-15H,4-9,18H2,1-3H3/t10-,11+,12-,13-,14+,15+/m0/s1. The molecule has 7 nitrogen and oxygen atoms in total. The van der Waals surface area contributed by atoms with E-state index in [0.29, 0.717) is 19.3 Å². The zero-order valence-electron chi connectivity index (χ0n) is 14.8. The summed E-state index contributed by atoms with van der Waals surface area (Å²) in [6.45, 7) is 8.61. The molecule has 7 heteroatoms. The lowest BCUT2D eigenvalue weighted by molar-refractivity contribution is -0.0723. The normalized spacial score (nSPS) is 42.4. The Morgan fingerprint density at radius 3 is 2.46 bits per heavy atom. The number of ether oxygens (including phenoxy) is 3. The molecule has 5 aliphatic rings. The van der Waals surface area contributed by atoms with Crippen molar-refractivity contribution in [2.45, 2.75) is 75.6 Å². The number of hydrogen-bond acceptors (Lipinski definition) is 6. The van der Waals surface area contributed by atoms with E-state index in [-0.39, 0.29) is 36.4 Å². The zero-order chi connectivity index (χ0) is 17.1.